The van der Waals surface area contributed by atoms with Crippen molar-refractivity contribution in [2.24, 2.45) is 0 Å². The Hall–Kier alpha value is -2.28. The average molecular weight is 407 g/mol. The molecule has 3 rings (SSSR count). The van der Waals surface area contributed by atoms with Gasteiger partial charge in [0.25, 0.3) is 5.91 Å². The standard InChI is InChI=1S/C21H26N2O4.ClH/c1-25-13-14-27-17-9-7-16(8-10-17)21(24)23-12-11-22-15-19(23)18-5-3-4-6-20(18)26-2;/h3-10,19,22H,11-15H2,1-2H3;1H. The Morgan fingerprint density at radius 3 is 2.57 bits per heavy atom. The lowest BCUT2D eigenvalue weighted by Crippen LogP contribution is -2.48. The lowest BCUT2D eigenvalue weighted by Gasteiger charge is -2.37. The SMILES string of the molecule is COCCOc1ccc(C(=O)N2CCNCC2c2ccccc2OC)cc1.Cl. The van der Waals surface area contributed by atoms with Crippen molar-refractivity contribution in [3.05, 3.63) is 59.7 Å². The van der Waals surface area contributed by atoms with Gasteiger partial charge < -0.3 is 24.4 Å². The van der Waals surface area contributed by atoms with Crippen molar-refractivity contribution in [1.29, 1.82) is 0 Å². The molecular formula is C21H27ClN2O4. The highest BCUT2D eigenvalue weighted by molar-refractivity contribution is 5.94. The van der Waals surface area contributed by atoms with E-state index in [0.717, 1.165) is 23.6 Å². The maximum absolute atomic E-state index is 13.2. The third-order valence-electron chi connectivity index (χ3n) is 4.66. The highest BCUT2D eigenvalue weighted by atomic mass is 35.5. The summed E-state index contributed by atoms with van der Waals surface area (Å²) in [5, 5.41) is 3.38. The van der Waals surface area contributed by atoms with E-state index in [9.17, 15) is 4.79 Å². The van der Waals surface area contributed by atoms with E-state index in [1.54, 1.807) is 14.2 Å². The summed E-state index contributed by atoms with van der Waals surface area (Å²) >= 11 is 0. The number of carbonyl (C=O) groups is 1. The fraction of sp³-hybridized carbons (Fsp3) is 0.381. The van der Waals surface area contributed by atoms with E-state index >= 15 is 0 Å². The normalized spacial score (nSPS) is 16.2. The van der Waals surface area contributed by atoms with Gasteiger partial charge >= 0.3 is 0 Å². The molecule has 1 atom stereocenters. The highest BCUT2D eigenvalue weighted by Crippen LogP contribution is 2.31. The van der Waals surface area contributed by atoms with Crippen LogP contribution in [0.25, 0.3) is 0 Å². The van der Waals surface area contributed by atoms with Gasteiger partial charge in [-0.05, 0) is 30.3 Å². The molecule has 6 nitrogen and oxygen atoms in total. The number of piperazine rings is 1. The van der Waals surface area contributed by atoms with Gasteiger partial charge in [0, 0.05) is 37.9 Å². The van der Waals surface area contributed by atoms with Crippen molar-refractivity contribution in [2.75, 3.05) is 47.1 Å². The van der Waals surface area contributed by atoms with E-state index < -0.39 is 0 Å². The van der Waals surface area contributed by atoms with E-state index in [2.05, 4.69) is 5.32 Å². The number of hydrogen-bond donors (Lipinski definition) is 1. The molecule has 0 spiro atoms. The van der Waals surface area contributed by atoms with Crippen LogP contribution in [0.15, 0.2) is 48.5 Å². The number of rotatable bonds is 7. The molecule has 0 bridgehead atoms. The van der Waals surface area contributed by atoms with Crippen molar-refractivity contribution in [1.82, 2.24) is 10.2 Å². The van der Waals surface area contributed by atoms with Crippen LogP contribution in [0.3, 0.4) is 0 Å². The lowest BCUT2D eigenvalue weighted by molar-refractivity contribution is 0.0631. The van der Waals surface area contributed by atoms with E-state index in [4.69, 9.17) is 14.2 Å². The van der Waals surface area contributed by atoms with Gasteiger partial charge in [-0.15, -0.1) is 12.4 Å². The molecule has 1 fully saturated rings. The van der Waals surface area contributed by atoms with Gasteiger partial charge in [0.2, 0.25) is 0 Å². The number of para-hydroxylation sites is 1. The predicted octanol–water partition coefficient (Wildman–Crippen LogP) is 2.93. The first-order valence-electron chi connectivity index (χ1n) is 9.11. The average Bonchev–Trinajstić information content (AvgIpc) is 2.74. The van der Waals surface area contributed by atoms with Crippen molar-refractivity contribution >= 4 is 18.3 Å². The molecule has 1 amide bonds. The molecule has 28 heavy (non-hydrogen) atoms. The molecule has 2 aromatic carbocycles. The topological polar surface area (TPSA) is 60.0 Å². The molecule has 7 heteroatoms. The minimum atomic E-state index is -0.0694. The fourth-order valence-electron chi connectivity index (χ4n) is 3.27. The summed E-state index contributed by atoms with van der Waals surface area (Å²) in [6.07, 6.45) is 0. The van der Waals surface area contributed by atoms with Crippen LogP contribution in [-0.2, 0) is 4.74 Å². The van der Waals surface area contributed by atoms with Crippen LogP contribution in [0, 0.1) is 0 Å². The Kier molecular flexibility index (Phi) is 8.57. The summed E-state index contributed by atoms with van der Waals surface area (Å²) in [7, 11) is 3.29. The summed E-state index contributed by atoms with van der Waals surface area (Å²) in [4.78, 5) is 15.1. The van der Waals surface area contributed by atoms with E-state index in [0.29, 0.717) is 31.9 Å². The summed E-state index contributed by atoms with van der Waals surface area (Å²) < 4.78 is 16.0. The smallest absolute Gasteiger partial charge is 0.254 e. The molecule has 152 valence electrons. The van der Waals surface area contributed by atoms with Gasteiger partial charge in [-0.2, -0.15) is 0 Å². The number of hydrogen-bond acceptors (Lipinski definition) is 5. The van der Waals surface area contributed by atoms with Gasteiger partial charge in [0.05, 0.1) is 19.8 Å². The molecule has 0 radical (unpaired) electrons. The lowest BCUT2D eigenvalue weighted by atomic mass is 10.0. The predicted molar refractivity (Wildman–Crippen MR) is 111 cm³/mol. The second kappa shape index (κ2) is 10.9. The number of benzene rings is 2. The monoisotopic (exact) mass is 406 g/mol. The van der Waals surface area contributed by atoms with Crippen LogP contribution in [0.5, 0.6) is 11.5 Å². The van der Waals surface area contributed by atoms with E-state index in [1.807, 2.05) is 53.4 Å². The molecule has 1 N–H and O–H groups in total. The molecule has 1 saturated heterocycles. The van der Waals surface area contributed by atoms with Crippen LogP contribution in [0.1, 0.15) is 22.0 Å². The van der Waals surface area contributed by atoms with Gasteiger partial charge in [-0.3, -0.25) is 4.79 Å². The maximum atomic E-state index is 13.2. The number of ether oxygens (including phenoxy) is 3. The molecule has 0 aromatic heterocycles. The van der Waals surface area contributed by atoms with Crippen LogP contribution >= 0.6 is 12.4 Å². The van der Waals surface area contributed by atoms with Crippen molar-refractivity contribution in [2.45, 2.75) is 6.04 Å². The Balaban J connectivity index is 0.00000280. The van der Waals surface area contributed by atoms with Gasteiger partial charge in [-0.25, -0.2) is 0 Å². The molecular weight excluding hydrogens is 380 g/mol. The minimum absolute atomic E-state index is 0. The van der Waals surface area contributed by atoms with E-state index in [1.165, 1.54) is 0 Å². The number of methoxy groups -OCH3 is 2. The molecule has 1 aliphatic heterocycles. The maximum Gasteiger partial charge on any atom is 0.254 e. The summed E-state index contributed by atoms with van der Waals surface area (Å²) in [5.74, 6) is 1.53. The summed E-state index contributed by atoms with van der Waals surface area (Å²) in [6, 6.07) is 15.1. The van der Waals surface area contributed by atoms with E-state index in [-0.39, 0.29) is 24.4 Å². The first-order valence-corrected chi connectivity index (χ1v) is 9.11. The van der Waals surface area contributed by atoms with Crippen LogP contribution < -0.4 is 14.8 Å². The number of nitrogens with one attached hydrogen (secondary N) is 1. The van der Waals surface area contributed by atoms with Crippen molar-refractivity contribution in [3.63, 3.8) is 0 Å². The fourth-order valence-corrected chi connectivity index (χ4v) is 3.27. The Labute approximate surface area is 172 Å². The Morgan fingerprint density at radius 2 is 1.86 bits per heavy atom. The quantitative estimate of drug-likeness (QED) is 0.716. The summed E-state index contributed by atoms with van der Waals surface area (Å²) in [6.45, 7) is 3.13. The van der Waals surface area contributed by atoms with Gasteiger partial charge in [0.1, 0.15) is 18.1 Å². The molecule has 1 heterocycles. The van der Waals surface area contributed by atoms with Crippen LogP contribution in [-0.4, -0.2) is 57.9 Å². The Bertz CT molecular complexity index is 754. The first-order chi connectivity index (χ1) is 13.2. The van der Waals surface area contributed by atoms with Crippen molar-refractivity contribution in [3.8, 4) is 11.5 Å². The minimum Gasteiger partial charge on any atom is -0.496 e. The van der Waals surface area contributed by atoms with Gasteiger partial charge in [-0.1, -0.05) is 18.2 Å². The number of halogens is 1. The third-order valence-corrected chi connectivity index (χ3v) is 4.66. The number of carbonyl (C=O) groups excluding carboxylic acids is 1. The van der Waals surface area contributed by atoms with Crippen molar-refractivity contribution < 1.29 is 19.0 Å². The molecule has 2 aromatic rings. The van der Waals surface area contributed by atoms with Gasteiger partial charge in [0.15, 0.2) is 0 Å². The van der Waals surface area contributed by atoms with Crippen LogP contribution in [0.4, 0.5) is 0 Å². The number of amides is 1. The number of nitrogens with zero attached hydrogens (tertiary/aromatic N) is 1. The first kappa shape index (κ1) is 22.0. The zero-order valence-electron chi connectivity index (χ0n) is 16.2. The summed E-state index contributed by atoms with van der Waals surface area (Å²) in [5.41, 5.74) is 1.66. The molecule has 1 unspecified atom stereocenters. The third kappa shape index (κ3) is 5.16. The highest BCUT2D eigenvalue weighted by Gasteiger charge is 2.30. The van der Waals surface area contributed by atoms with Crippen LogP contribution in [0.2, 0.25) is 0 Å². The Morgan fingerprint density at radius 1 is 1.11 bits per heavy atom. The zero-order chi connectivity index (χ0) is 19.1. The molecule has 1 aliphatic rings. The molecule has 0 saturated carbocycles. The largest absolute Gasteiger partial charge is 0.496 e. The zero-order valence-corrected chi connectivity index (χ0v) is 17.0. The second-order valence-electron chi connectivity index (χ2n) is 6.33. The second-order valence-corrected chi connectivity index (χ2v) is 6.33. The molecule has 0 aliphatic carbocycles.